The van der Waals surface area contributed by atoms with Crippen molar-refractivity contribution < 1.29 is 4.79 Å². The number of carbonyl (C=O) groups is 1. The highest BCUT2D eigenvalue weighted by molar-refractivity contribution is 7.11. The molecule has 13 heavy (non-hydrogen) atoms. The SMILES string of the molecule is CC[C@H](C)[C@H](N)C(=O)c1nccs1. The molecule has 1 heterocycles. The standard InChI is InChI=1S/C9H14N2OS/c1-3-6(2)7(10)8(12)9-11-4-5-13-9/h4-7H,3,10H2,1-2H3/t6-,7-/m0/s1. The third-order valence-electron chi connectivity index (χ3n) is 2.20. The number of hydrogen-bond donors (Lipinski definition) is 1. The molecule has 0 radical (unpaired) electrons. The summed E-state index contributed by atoms with van der Waals surface area (Å²) in [6.45, 7) is 4.01. The molecular formula is C9H14N2OS. The lowest BCUT2D eigenvalue weighted by Gasteiger charge is -2.14. The number of aromatic nitrogens is 1. The smallest absolute Gasteiger partial charge is 0.208 e. The van der Waals surface area contributed by atoms with E-state index in [-0.39, 0.29) is 11.7 Å². The molecule has 0 aromatic carbocycles. The molecule has 1 aromatic rings. The number of ketones is 1. The first kappa shape index (κ1) is 10.3. The Labute approximate surface area is 82.0 Å². The number of carbonyl (C=O) groups excluding carboxylic acids is 1. The highest BCUT2D eigenvalue weighted by Crippen LogP contribution is 2.13. The van der Waals surface area contributed by atoms with Crippen LogP contribution < -0.4 is 5.73 Å². The monoisotopic (exact) mass is 198 g/mol. The first-order valence-corrected chi connectivity index (χ1v) is 5.24. The minimum absolute atomic E-state index is 0.0376. The molecule has 1 aromatic heterocycles. The fourth-order valence-electron chi connectivity index (χ4n) is 1.00. The highest BCUT2D eigenvalue weighted by atomic mass is 32.1. The zero-order valence-corrected chi connectivity index (χ0v) is 8.67. The predicted molar refractivity (Wildman–Crippen MR) is 53.9 cm³/mol. The molecule has 2 atom stereocenters. The maximum Gasteiger partial charge on any atom is 0.208 e. The van der Waals surface area contributed by atoms with Crippen LogP contribution in [0, 0.1) is 5.92 Å². The van der Waals surface area contributed by atoms with E-state index in [9.17, 15) is 4.79 Å². The first-order chi connectivity index (χ1) is 6.16. The summed E-state index contributed by atoms with van der Waals surface area (Å²) in [7, 11) is 0. The van der Waals surface area contributed by atoms with Gasteiger partial charge in [0.2, 0.25) is 5.78 Å². The van der Waals surface area contributed by atoms with Crippen LogP contribution in [0.4, 0.5) is 0 Å². The van der Waals surface area contributed by atoms with Crippen LogP contribution in [0.25, 0.3) is 0 Å². The van der Waals surface area contributed by atoms with Gasteiger partial charge < -0.3 is 5.73 Å². The van der Waals surface area contributed by atoms with E-state index in [1.807, 2.05) is 13.8 Å². The highest BCUT2D eigenvalue weighted by Gasteiger charge is 2.22. The molecule has 0 saturated carbocycles. The van der Waals surface area contributed by atoms with E-state index in [4.69, 9.17) is 5.73 Å². The van der Waals surface area contributed by atoms with Gasteiger partial charge in [-0.15, -0.1) is 11.3 Å². The average Bonchev–Trinajstić information content (AvgIpc) is 2.67. The van der Waals surface area contributed by atoms with E-state index in [2.05, 4.69) is 4.98 Å². The van der Waals surface area contributed by atoms with E-state index in [0.717, 1.165) is 6.42 Å². The van der Waals surface area contributed by atoms with Crippen molar-refractivity contribution in [1.82, 2.24) is 4.98 Å². The summed E-state index contributed by atoms with van der Waals surface area (Å²) in [4.78, 5) is 15.6. The largest absolute Gasteiger partial charge is 0.321 e. The predicted octanol–water partition coefficient (Wildman–Crippen LogP) is 1.70. The molecule has 0 saturated heterocycles. The van der Waals surface area contributed by atoms with Gasteiger partial charge in [0, 0.05) is 11.6 Å². The normalized spacial score (nSPS) is 15.3. The van der Waals surface area contributed by atoms with Crippen molar-refractivity contribution in [1.29, 1.82) is 0 Å². The summed E-state index contributed by atoms with van der Waals surface area (Å²) in [5.74, 6) is 0.181. The zero-order chi connectivity index (χ0) is 9.84. The summed E-state index contributed by atoms with van der Waals surface area (Å²) in [6, 6.07) is -0.406. The summed E-state index contributed by atoms with van der Waals surface area (Å²) in [5.41, 5.74) is 5.78. The van der Waals surface area contributed by atoms with Gasteiger partial charge in [0.25, 0.3) is 0 Å². The molecule has 0 unspecified atom stereocenters. The Morgan fingerprint density at radius 1 is 1.77 bits per heavy atom. The molecule has 2 N–H and O–H groups in total. The van der Waals surface area contributed by atoms with Crippen molar-refractivity contribution in [3.8, 4) is 0 Å². The topological polar surface area (TPSA) is 56.0 Å². The second-order valence-electron chi connectivity index (χ2n) is 3.11. The third-order valence-corrected chi connectivity index (χ3v) is 2.99. The third kappa shape index (κ3) is 2.35. The Bertz CT molecular complexity index is 271. The summed E-state index contributed by atoms with van der Waals surface area (Å²) in [5, 5.41) is 2.31. The van der Waals surface area contributed by atoms with Crippen molar-refractivity contribution in [2.24, 2.45) is 11.7 Å². The van der Waals surface area contributed by atoms with Crippen LogP contribution in [0.1, 0.15) is 30.1 Å². The minimum atomic E-state index is -0.406. The van der Waals surface area contributed by atoms with Crippen LogP contribution in [-0.2, 0) is 0 Å². The Hall–Kier alpha value is -0.740. The van der Waals surface area contributed by atoms with E-state index in [1.54, 1.807) is 11.6 Å². The fraction of sp³-hybridized carbons (Fsp3) is 0.556. The van der Waals surface area contributed by atoms with Crippen molar-refractivity contribution in [2.75, 3.05) is 0 Å². The number of rotatable bonds is 4. The van der Waals surface area contributed by atoms with Crippen molar-refractivity contribution in [3.63, 3.8) is 0 Å². The lowest BCUT2D eigenvalue weighted by Crippen LogP contribution is -2.36. The molecule has 0 bridgehead atoms. The minimum Gasteiger partial charge on any atom is -0.321 e. The van der Waals surface area contributed by atoms with Gasteiger partial charge in [0.1, 0.15) is 0 Å². The number of nitrogens with two attached hydrogens (primary N) is 1. The van der Waals surface area contributed by atoms with Crippen LogP contribution in [0.5, 0.6) is 0 Å². The lowest BCUT2D eigenvalue weighted by atomic mass is 9.97. The molecule has 0 aliphatic rings. The Morgan fingerprint density at radius 2 is 2.46 bits per heavy atom. The second kappa shape index (κ2) is 4.48. The van der Waals surface area contributed by atoms with E-state index in [1.165, 1.54) is 11.3 Å². The molecular weight excluding hydrogens is 184 g/mol. The molecule has 0 fully saturated rings. The number of nitrogens with zero attached hydrogens (tertiary/aromatic N) is 1. The Kier molecular flexibility index (Phi) is 3.57. The molecule has 0 aliphatic carbocycles. The number of hydrogen-bond acceptors (Lipinski definition) is 4. The molecule has 1 rings (SSSR count). The number of thiazole rings is 1. The van der Waals surface area contributed by atoms with Crippen LogP contribution >= 0.6 is 11.3 Å². The number of Topliss-reactive ketones (excluding diaryl/α,β-unsaturated/α-hetero) is 1. The van der Waals surface area contributed by atoms with Gasteiger partial charge in [-0.1, -0.05) is 20.3 Å². The quantitative estimate of drug-likeness (QED) is 0.749. The maximum absolute atomic E-state index is 11.6. The van der Waals surface area contributed by atoms with Gasteiger partial charge in [-0.2, -0.15) is 0 Å². The van der Waals surface area contributed by atoms with Crippen molar-refractivity contribution >= 4 is 17.1 Å². The summed E-state index contributed by atoms with van der Waals surface area (Å²) >= 11 is 1.35. The summed E-state index contributed by atoms with van der Waals surface area (Å²) in [6.07, 6.45) is 2.54. The molecule has 0 amide bonds. The van der Waals surface area contributed by atoms with Gasteiger partial charge >= 0.3 is 0 Å². The summed E-state index contributed by atoms with van der Waals surface area (Å²) < 4.78 is 0. The van der Waals surface area contributed by atoms with Crippen molar-refractivity contribution in [2.45, 2.75) is 26.3 Å². The van der Waals surface area contributed by atoms with E-state index < -0.39 is 6.04 Å². The second-order valence-corrected chi connectivity index (χ2v) is 4.01. The Morgan fingerprint density at radius 3 is 2.92 bits per heavy atom. The molecule has 0 aliphatic heterocycles. The van der Waals surface area contributed by atoms with Gasteiger partial charge in [0.05, 0.1) is 6.04 Å². The molecule has 0 spiro atoms. The molecule has 72 valence electrons. The van der Waals surface area contributed by atoms with Crippen LogP contribution in [-0.4, -0.2) is 16.8 Å². The zero-order valence-electron chi connectivity index (χ0n) is 7.86. The Balaban J connectivity index is 2.68. The van der Waals surface area contributed by atoms with Crippen molar-refractivity contribution in [3.05, 3.63) is 16.6 Å². The molecule has 4 heteroatoms. The van der Waals surface area contributed by atoms with Gasteiger partial charge in [-0.05, 0) is 5.92 Å². The maximum atomic E-state index is 11.6. The average molecular weight is 198 g/mol. The lowest BCUT2D eigenvalue weighted by molar-refractivity contribution is 0.0934. The van der Waals surface area contributed by atoms with Gasteiger partial charge in [-0.25, -0.2) is 4.98 Å². The van der Waals surface area contributed by atoms with Crippen LogP contribution in [0.3, 0.4) is 0 Å². The van der Waals surface area contributed by atoms with Crippen LogP contribution in [0.2, 0.25) is 0 Å². The first-order valence-electron chi connectivity index (χ1n) is 4.36. The van der Waals surface area contributed by atoms with E-state index >= 15 is 0 Å². The van der Waals surface area contributed by atoms with E-state index in [0.29, 0.717) is 5.01 Å². The fourth-order valence-corrected chi connectivity index (χ4v) is 1.62. The molecule has 3 nitrogen and oxygen atoms in total. The van der Waals surface area contributed by atoms with Gasteiger partial charge in [0.15, 0.2) is 5.01 Å². The van der Waals surface area contributed by atoms with Crippen LogP contribution in [0.15, 0.2) is 11.6 Å². The van der Waals surface area contributed by atoms with Gasteiger partial charge in [-0.3, -0.25) is 4.79 Å².